The summed E-state index contributed by atoms with van der Waals surface area (Å²) in [6, 6.07) is 9.01. The number of piperazine rings is 1. The van der Waals surface area contributed by atoms with Crippen molar-refractivity contribution in [2.24, 2.45) is 0 Å². The Labute approximate surface area is 129 Å². The van der Waals surface area contributed by atoms with Gasteiger partial charge < -0.3 is 5.11 Å². The second kappa shape index (κ2) is 7.39. The van der Waals surface area contributed by atoms with Gasteiger partial charge in [-0.3, -0.25) is 9.80 Å². The van der Waals surface area contributed by atoms with E-state index in [1.807, 2.05) is 0 Å². The Hall–Kier alpha value is -0.900. The summed E-state index contributed by atoms with van der Waals surface area (Å²) in [4.78, 5) is 4.89. The van der Waals surface area contributed by atoms with Crippen LogP contribution < -0.4 is 0 Å². The number of β-amino-alcohol motifs (C(OH)–C–C–N with tert-alkyl or cyclic N) is 1. The molecule has 0 spiro atoms. The Bertz CT molecular complexity index is 429. The van der Waals surface area contributed by atoms with E-state index in [-0.39, 0.29) is 6.10 Å². The van der Waals surface area contributed by atoms with Crippen molar-refractivity contribution in [3.8, 4) is 0 Å². The third-order valence-electron chi connectivity index (χ3n) is 4.67. The zero-order valence-electron chi connectivity index (χ0n) is 13.9. The van der Waals surface area contributed by atoms with Gasteiger partial charge in [0.2, 0.25) is 0 Å². The molecule has 1 fully saturated rings. The van der Waals surface area contributed by atoms with Crippen LogP contribution in [0.25, 0.3) is 0 Å². The molecule has 1 aliphatic rings. The molecule has 2 rings (SSSR count). The summed E-state index contributed by atoms with van der Waals surface area (Å²) in [6.07, 6.45) is -0.383. The molecule has 1 aromatic rings. The molecule has 118 valence electrons. The van der Waals surface area contributed by atoms with Crippen LogP contribution in [0.1, 0.15) is 50.8 Å². The average Bonchev–Trinajstić information content (AvgIpc) is 2.47. The van der Waals surface area contributed by atoms with Crippen LogP contribution in [0.15, 0.2) is 24.3 Å². The first-order valence-electron chi connectivity index (χ1n) is 8.25. The first kappa shape index (κ1) is 16.5. The lowest BCUT2D eigenvalue weighted by molar-refractivity contribution is 0.0478. The highest BCUT2D eigenvalue weighted by Crippen LogP contribution is 2.20. The summed E-state index contributed by atoms with van der Waals surface area (Å²) in [5, 5.41) is 10.5. The molecular weight excluding hydrogens is 260 g/mol. The van der Waals surface area contributed by atoms with Gasteiger partial charge in [0.1, 0.15) is 0 Å². The lowest BCUT2D eigenvalue weighted by atomic mass is 9.99. The van der Waals surface area contributed by atoms with E-state index >= 15 is 0 Å². The molecule has 3 heteroatoms. The van der Waals surface area contributed by atoms with Gasteiger partial charge in [0, 0.05) is 32.2 Å². The Morgan fingerprint density at radius 2 is 1.76 bits per heavy atom. The molecular formula is C18H30N2O. The minimum Gasteiger partial charge on any atom is -0.387 e. The number of hydrogen-bond acceptors (Lipinski definition) is 3. The highest BCUT2D eigenvalue weighted by Gasteiger charge is 2.24. The van der Waals surface area contributed by atoms with Crippen molar-refractivity contribution < 1.29 is 5.11 Å². The Kier molecular flexibility index (Phi) is 5.80. The minimum absolute atomic E-state index is 0.383. The summed E-state index contributed by atoms with van der Waals surface area (Å²) in [5.41, 5.74) is 2.36. The normalized spacial score (nSPS) is 22.7. The molecule has 1 aromatic carbocycles. The Morgan fingerprint density at radius 1 is 1.14 bits per heavy atom. The maximum absolute atomic E-state index is 10.5. The van der Waals surface area contributed by atoms with E-state index < -0.39 is 0 Å². The SMILES string of the molecule is CCN1CCN(CC(O)c2ccc(C(C)C)cc2)CC1C. The number of benzene rings is 1. The molecule has 0 aliphatic carbocycles. The average molecular weight is 290 g/mol. The predicted molar refractivity (Wildman–Crippen MR) is 88.6 cm³/mol. The number of likely N-dealkylation sites (N-methyl/N-ethyl adjacent to an activating group) is 1. The Balaban J connectivity index is 1.91. The molecule has 2 atom stereocenters. The van der Waals surface area contributed by atoms with Crippen LogP contribution in [0.2, 0.25) is 0 Å². The van der Waals surface area contributed by atoms with E-state index in [1.165, 1.54) is 5.56 Å². The number of hydrogen-bond donors (Lipinski definition) is 1. The van der Waals surface area contributed by atoms with E-state index in [4.69, 9.17) is 0 Å². The largest absolute Gasteiger partial charge is 0.387 e. The highest BCUT2D eigenvalue weighted by atomic mass is 16.3. The summed E-state index contributed by atoms with van der Waals surface area (Å²) >= 11 is 0. The molecule has 0 bridgehead atoms. The fourth-order valence-electron chi connectivity index (χ4n) is 3.16. The quantitative estimate of drug-likeness (QED) is 0.903. The van der Waals surface area contributed by atoms with E-state index in [0.29, 0.717) is 12.0 Å². The van der Waals surface area contributed by atoms with E-state index in [2.05, 4.69) is 61.8 Å². The molecule has 0 aromatic heterocycles. The van der Waals surface area contributed by atoms with Crippen molar-refractivity contribution >= 4 is 0 Å². The van der Waals surface area contributed by atoms with Gasteiger partial charge in [0.25, 0.3) is 0 Å². The van der Waals surface area contributed by atoms with Gasteiger partial charge in [-0.1, -0.05) is 45.0 Å². The fraction of sp³-hybridized carbons (Fsp3) is 0.667. The van der Waals surface area contributed by atoms with E-state index in [0.717, 1.165) is 38.3 Å². The van der Waals surface area contributed by atoms with Gasteiger partial charge in [-0.15, -0.1) is 0 Å². The van der Waals surface area contributed by atoms with Crippen LogP contribution in [0, 0.1) is 0 Å². The number of aliphatic hydroxyl groups excluding tert-OH is 1. The van der Waals surface area contributed by atoms with Crippen LogP contribution in [-0.4, -0.2) is 53.7 Å². The molecule has 0 radical (unpaired) electrons. The standard InChI is InChI=1S/C18H30N2O/c1-5-20-11-10-19(12-15(20)4)13-18(21)17-8-6-16(7-9-17)14(2)3/h6-9,14-15,18,21H,5,10-13H2,1-4H3. The first-order valence-corrected chi connectivity index (χ1v) is 8.25. The molecule has 1 saturated heterocycles. The molecule has 0 saturated carbocycles. The van der Waals surface area contributed by atoms with Crippen molar-refractivity contribution in [2.75, 3.05) is 32.7 Å². The lowest BCUT2D eigenvalue weighted by Gasteiger charge is -2.40. The number of nitrogens with zero attached hydrogens (tertiary/aromatic N) is 2. The molecule has 1 aliphatic heterocycles. The predicted octanol–water partition coefficient (Wildman–Crippen LogP) is 2.87. The van der Waals surface area contributed by atoms with Crippen molar-refractivity contribution in [2.45, 2.75) is 45.8 Å². The van der Waals surface area contributed by atoms with E-state index in [1.54, 1.807) is 0 Å². The second-order valence-electron chi connectivity index (χ2n) is 6.57. The molecule has 1 N–H and O–H groups in total. The van der Waals surface area contributed by atoms with Gasteiger partial charge >= 0.3 is 0 Å². The first-order chi connectivity index (χ1) is 10.0. The monoisotopic (exact) mass is 290 g/mol. The van der Waals surface area contributed by atoms with Crippen molar-refractivity contribution in [3.05, 3.63) is 35.4 Å². The van der Waals surface area contributed by atoms with Crippen molar-refractivity contribution in [1.29, 1.82) is 0 Å². The third-order valence-corrected chi connectivity index (χ3v) is 4.67. The van der Waals surface area contributed by atoms with Crippen molar-refractivity contribution in [3.63, 3.8) is 0 Å². The third kappa shape index (κ3) is 4.29. The molecule has 2 unspecified atom stereocenters. The molecule has 1 heterocycles. The van der Waals surface area contributed by atoms with E-state index in [9.17, 15) is 5.11 Å². The van der Waals surface area contributed by atoms with Crippen LogP contribution in [0.3, 0.4) is 0 Å². The van der Waals surface area contributed by atoms with Gasteiger partial charge in [0.05, 0.1) is 6.10 Å². The van der Waals surface area contributed by atoms with Crippen LogP contribution >= 0.6 is 0 Å². The molecule has 0 amide bonds. The van der Waals surface area contributed by atoms with Gasteiger partial charge in [-0.25, -0.2) is 0 Å². The van der Waals surface area contributed by atoms with Gasteiger partial charge in [-0.2, -0.15) is 0 Å². The summed E-state index contributed by atoms with van der Waals surface area (Å²) in [5.74, 6) is 0.541. The topological polar surface area (TPSA) is 26.7 Å². The maximum atomic E-state index is 10.5. The van der Waals surface area contributed by atoms with Crippen LogP contribution in [-0.2, 0) is 0 Å². The smallest absolute Gasteiger partial charge is 0.0916 e. The van der Waals surface area contributed by atoms with Gasteiger partial charge in [0.15, 0.2) is 0 Å². The molecule has 21 heavy (non-hydrogen) atoms. The van der Waals surface area contributed by atoms with Crippen molar-refractivity contribution in [1.82, 2.24) is 9.80 Å². The summed E-state index contributed by atoms with van der Waals surface area (Å²) in [7, 11) is 0. The molecule has 3 nitrogen and oxygen atoms in total. The van der Waals surface area contributed by atoms with Crippen LogP contribution in [0.4, 0.5) is 0 Å². The number of aliphatic hydroxyl groups is 1. The zero-order valence-corrected chi connectivity index (χ0v) is 13.9. The second-order valence-corrected chi connectivity index (χ2v) is 6.57. The number of rotatable bonds is 5. The van der Waals surface area contributed by atoms with Gasteiger partial charge in [-0.05, 0) is 30.5 Å². The summed E-state index contributed by atoms with van der Waals surface area (Å²) in [6.45, 7) is 14.0. The summed E-state index contributed by atoms with van der Waals surface area (Å²) < 4.78 is 0. The highest BCUT2D eigenvalue weighted by molar-refractivity contribution is 5.26. The minimum atomic E-state index is -0.383. The lowest BCUT2D eigenvalue weighted by Crippen LogP contribution is -2.52. The Morgan fingerprint density at radius 3 is 2.29 bits per heavy atom. The maximum Gasteiger partial charge on any atom is 0.0916 e. The fourth-order valence-corrected chi connectivity index (χ4v) is 3.16. The zero-order chi connectivity index (χ0) is 15.4. The van der Waals surface area contributed by atoms with Crippen LogP contribution in [0.5, 0.6) is 0 Å².